The molecule has 0 aliphatic carbocycles. The Morgan fingerprint density at radius 3 is 1.61 bits per heavy atom. The first-order valence-corrected chi connectivity index (χ1v) is 14.9. The number of amides is 7. The Bertz CT molecular complexity index is 1020. The van der Waals surface area contributed by atoms with Crippen LogP contribution in [0.15, 0.2) is 0 Å². The number of primary amides is 2. The molecule has 0 saturated carbocycles. The van der Waals surface area contributed by atoms with Crippen molar-refractivity contribution in [3.63, 3.8) is 0 Å². The number of carbonyl (C=O) groups excluding carboxylic acids is 7. The lowest BCUT2D eigenvalue weighted by Gasteiger charge is -2.26. The molecule has 4 atom stereocenters. The number of nitrogens with one attached hydrogen (secondary N) is 5. The molecular formula is C29H53N7O8. The normalized spacial score (nSPS) is 14.2. The molecule has 9 N–H and O–H groups in total. The predicted octanol–water partition coefficient (Wildman–Crippen LogP) is -0.0507. The van der Waals surface area contributed by atoms with E-state index in [4.69, 9.17) is 16.2 Å². The van der Waals surface area contributed by atoms with E-state index in [0.717, 1.165) is 0 Å². The molecule has 0 heterocycles. The second kappa shape index (κ2) is 18.7. The molecule has 0 aromatic rings. The van der Waals surface area contributed by atoms with Gasteiger partial charge in [-0.2, -0.15) is 0 Å². The predicted molar refractivity (Wildman–Crippen MR) is 163 cm³/mol. The van der Waals surface area contributed by atoms with Crippen LogP contribution >= 0.6 is 0 Å². The van der Waals surface area contributed by atoms with Crippen molar-refractivity contribution in [2.75, 3.05) is 6.54 Å². The van der Waals surface area contributed by atoms with Crippen molar-refractivity contribution in [2.24, 2.45) is 29.2 Å². The van der Waals surface area contributed by atoms with Gasteiger partial charge in [0.25, 0.3) is 0 Å². The fourth-order valence-corrected chi connectivity index (χ4v) is 4.04. The van der Waals surface area contributed by atoms with E-state index in [9.17, 15) is 33.6 Å². The second-order valence-corrected chi connectivity index (χ2v) is 13.0. The summed E-state index contributed by atoms with van der Waals surface area (Å²) in [5, 5.41) is 12.6. The van der Waals surface area contributed by atoms with Crippen molar-refractivity contribution in [2.45, 2.75) is 118 Å². The molecule has 7 amide bonds. The number of alkyl carbamates (subject to hydrolysis) is 1. The van der Waals surface area contributed by atoms with Gasteiger partial charge in [-0.05, 0) is 57.8 Å². The lowest BCUT2D eigenvalue weighted by molar-refractivity contribution is -0.133. The average Bonchev–Trinajstić information content (AvgIpc) is 2.84. The largest absolute Gasteiger partial charge is 0.444 e. The third-order valence-electron chi connectivity index (χ3n) is 6.08. The zero-order valence-corrected chi connectivity index (χ0v) is 27.5. The molecule has 0 bridgehead atoms. The minimum atomic E-state index is -1.27. The molecular weight excluding hydrogens is 574 g/mol. The van der Waals surface area contributed by atoms with E-state index >= 15 is 0 Å². The van der Waals surface area contributed by atoms with Crippen LogP contribution in [-0.4, -0.2) is 77.8 Å². The lowest BCUT2D eigenvalue weighted by Crippen LogP contribution is -2.57. The quantitative estimate of drug-likeness (QED) is 0.108. The van der Waals surface area contributed by atoms with Crippen molar-refractivity contribution in [1.82, 2.24) is 26.6 Å². The van der Waals surface area contributed by atoms with Crippen LogP contribution in [-0.2, 0) is 33.5 Å². The topological polar surface area (TPSA) is 241 Å². The van der Waals surface area contributed by atoms with Gasteiger partial charge >= 0.3 is 6.09 Å². The zero-order valence-electron chi connectivity index (χ0n) is 27.5. The van der Waals surface area contributed by atoms with Crippen LogP contribution in [0.5, 0.6) is 0 Å². The Balaban J connectivity index is 5.60. The Morgan fingerprint density at radius 1 is 0.682 bits per heavy atom. The standard InChI is InChI=1S/C29H53N7O8/c1-15(2)12-19(27(42)36-23(17(5)6)24(31)39)33-22(38)14-32-25(40)18(10-11-21(30)37)34-26(41)20(13-16(3)4)35-28(43)44-29(7,8)9/h15-20,23H,10-14H2,1-9H3,(H2,30,37)(H2,31,39)(H,32,40)(H,33,38)(H,34,41)(H,35,43)(H,36,42)/t18-,19-,20-,23-/m0/s1. The summed E-state index contributed by atoms with van der Waals surface area (Å²) in [7, 11) is 0. The van der Waals surface area contributed by atoms with Gasteiger partial charge in [-0.15, -0.1) is 0 Å². The van der Waals surface area contributed by atoms with Crippen LogP contribution in [0, 0.1) is 17.8 Å². The molecule has 252 valence electrons. The molecule has 0 aromatic carbocycles. The Kier molecular flexibility index (Phi) is 17.0. The summed E-state index contributed by atoms with van der Waals surface area (Å²) in [6, 6.07) is -4.27. The first kappa shape index (κ1) is 40.1. The maximum absolute atomic E-state index is 13.2. The fraction of sp³-hybridized carbons (Fsp3) is 0.759. The summed E-state index contributed by atoms with van der Waals surface area (Å²) in [6.07, 6.45) is -0.758. The summed E-state index contributed by atoms with van der Waals surface area (Å²) in [4.78, 5) is 87.4. The third kappa shape index (κ3) is 17.3. The number of rotatable bonds is 18. The van der Waals surface area contributed by atoms with E-state index in [1.165, 1.54) is 0 Å². The van der Waals surface area contributed by atoms with Crippen molar-refractivity contribution in [3.8, 4) is 0 Å². The van der Waals surface area contributed by atoms with Crippen molar-refractivity contribution >= 4 is 41.5 Å². The number of carbonyl (C=O) groups is 7. The highest BCUT2D eigenvalue weighted by Gasteiger charge is 2.31. The second-order valence-electron chi connectivity index (χ2n) is 13.0. The first-order chi connectivity index (χ1) is 20.1. The number of ether oxygens (including phenoxy) is 1. The van der Waals surface area contributed by atoms with Crippen molar-refractivity contribution in [1.29, 1.82) is 0 Å². The van der Waals surface area contributed by atoms with Crippen LogP contribution in [0.4, 0.5) is 4.79 Å². The molecule has 0 aromatic heterocycles. The van der Waals surface area contributed by atoms with E-state index in [2.05, 4.69) is 26.6 Å². The van der Waals surface area contributed by atoms with E-state index in [0.29, 0.717) is 0 Å². The van der Waals surface area contributed by atoms with E-state index in [1.807, 2.05) is 27.7 Å². The number of hydrogen-bond acceptors (Lipinski definition) is 8. The molecule has 0 fully saturated rings. The number of nitrogens with two attached hydrogens (primary N) is 2. The summed E-state index contributed by atoms with van der Waals surface area (Å²) >= 11 is 0. The molecule has 0 rings (SSSR count). The molecule has 0 spiro atoms. The Labute approximate surface area is 260 Å². The van der Waals surface area contributed by atoms with Crippen molar-refractivity contribution < 1.29 is 38.3 Å². The van der Waals surface area contributed by atoms with Crippen molar-refractivity contribution in [3.05, 3.63) is 0 Å². The SMILES string of the molecule is CC(C)C[C@H](NC(=O)CNC(=O)[C@H](CCC(N)=O)NC(=O)[C@H](CC(C)C)NC(=O)OC(C)(C)C)C(=O)N[C@H](C(N)=O)C(C)C. The number of hydrogen-bond donors (Lipinski definition) is 7. The van der Waals surface area contributed by atoms with E-state index in [1.54, 1.807) is 34.6 Å². The van der Waals surface area contributed by atoms with Gasteiger partial charge in [-0.3, -0.25) is 28.8 Å². The fourth-order valence-electron chi connectivity index (χ4n) is 4.04. The van der Waals surface area contributed by atoms with Gasteiger partial charge in [0.2, 0.25) is 35.4 Å². The summed E-state index contributed by atoms with van der Waals surface area (Å²) in [6.45, 7) is 15.3. The first-order valence-electron chi connectivity index (χ1n) is 14.9. The molecule has 15 nitrogen and oxygen atoms in total. The Morgan fingerprint density at radius 2 is 1.18 bits per heavy atom. The van der Waals surface area contributed by atoms with Gasteiger partial charge < -0.3 is 42.8 Å². The van der Waals surface area contributed by atoms with Crippen LogP contribution < -0.4 is 38.1 Å². The van der Waals surface area contributed by atoms with Gasteiger partial charge in [0.1, 0.15) is 29.8 Å². The highest BCUT2D eigenvalue weighted by atomic mass is 16.6. The molecule has 0 aliphatic rings. The average molecular weight is 628 g/mol. The van der Waals surface area contributed by atoms with E-state index < -0.39 is 77.8 Å². The summed E-state index contributed by atoms with van der Waals surface area (Å²) in [5.74, 6) is -4.51. The minimum absolute atomic E-state index is 0.00631. The van der Waals surface area contributed by atoms with Gasteiger partial charge in [0.05, 0.1) is 6.54 Å². The van der Waals surface area contributed by atoms with Crippen LogP contribution in [0.25, 0.3) is 0 Å². The minimum Gasteiger partial charge on any atom is -0.444 e. The third-order valence-corrected chi connectivity index (χ3v) is 6.08. The smallest absolute Gasteiger partial charge is 0.408 e. The molecule has 0 radical (unpaired) electrons. The van der Waals surface area contributed by atoms with Crippen LogP contribution in [0.3, 0.4) is 0 Å². The highest BCUT2D eigenvalue weighted by molar-refractivity contribution is 5.95. The van der Waals surface area contributed by atoms with Gasteiger partial charge in [0, 0.05) is 6.42 Å². The molecule has 0 aliphatic heterocycles. The molecule has 0 saturated heterocycles. The maximum atomic E-state index is 13.2. The van der Waals surface area contributed by atoms with Gasteiger partial charge in [0.15, 0.2) is 0 Å². The molecule has 44 heavy (non-hydrogen) atoms. The molecule has 0 unspecified atom stereocenters. The summed E-state index contributed by atoms with van der Waals surface area (Å²) in [5.41, 5.74) is 9.84. The maximum Gasteiger partial charge on any atom is 0.408 e. The van der Waals surface area contributed by atoms with Crippen LogP contribution in [0.1, 0.15) is 88.0 Å². The molecule has 15 heteroatoms. The summed E-state index contributed by atoms with van der Waals surface area (Å²) < 4.78 is 5.25. The lowest BCUT2D eigenvalue weighted by atomic mass is 10.00. The highest BCUT2D eigenvalue weighted by Crippen LogP contribution is 2.11. The zero-order chi connectivity index (χ0) is 34.4. The van der Waals surface area contributed by atoms with Gasteiger partial charge in [-0.25, -0.2) is 4.79 Å². The Hall–Kier alpha value is -3.91. The monoisotopic (exact) mass is 627 g/mol. The van der Waals surface area contributed by atoms with Gasteiger partial charge in [-0.1, -0.05) is 41.5 Å². The van der Waals surface area contributed by atoms with Crippen LogP contribution in [0.2, 0.25) is 0 Å². The van der Waals surface area contributed by atoms with E-state index in [-0.39, 0.29) is 43.4 Å².